The second-order valence-corrected chi connectivity index (χ2v) is 10.9. The normalized spacial score (nSPS) is 21.9. The van der Waals surface area contributed by atoms with E-state index in [1.54, 1.807) is 4.90 Å². The highest BCUT2D eigenvalue weighted by Crippen LogP contribution is 2.30. The molecule has 1 aromatic carbocycles. The molecule has 4 rings (SSSR count). The van der Waals surface area contributed by atoms with Crippen LogP contribution in [-0.4, -0.2) is 101 Å². The van der Waals surface area contributed by atoms with Crippen LogP contribution < -0.4 is 10.9 Å². The minimum atomic E-state index is -0.662. The Bertz CT molecular complexity index is 1010. The smallest absolute Gasteiger partial charge is 0.410 e. The van der Waals surface area contributed by atoms with Crippen LogP contribution in [0.15, 0.2) is 30.3 Å². The maximum atomic E-state index is 12.9. The highest BCUT2D eigenvalue weighted by molar-refractivity contribution is 5.90. The van der Waals surface area contributed by atoms with Crippen LogP contribution in [0.4, 0.5) is 9.59 Å². The van der Waals surface area contributed by atoms with Gasteiger partial charge in [-0.25, -0.2) is 9.59 Å². The van der Waals surface area contributed by atoms with Crippen LogP contribution in [0.25, 0.3) is 0 Å². The molecule has 0 spiro atoms. The molecule has 12 heteroatoms. The van der Waals surface area contributed by atoms with Gasteiger partial charge in [0, 0.05) is 45.7 Å². The molecule has 2 N–H and O–H groups in total. The number of piperidine rings is 1. The number of nitrogens with zero attached hydrogens (tertiary/aromatic N) is 4. The van der Waals surface area contributed by atoms with Gasteiger partial charge in [-0.15, -0.1) is 0 Å². The molecule has 3 aliphatic rings. The number of ether oxygens (including phenoxy) is 1. The molecule has 12 nitrogen and oxygen atoms in total. The van der Waals surface area contributed by atoms with Crippen molar-refractivity contribution in [2.45, 2.75) is 64.3 Å². The van der Waals surface area contributed by atoms with Crippen LogP contribution in [0.1, 0.15) is 45.6 Å². The van der Waals surface area contributed by atoms with Gasteiger partial charge in [-0.3, -0.25) is 30.2 Å². The van der Waals surface area contributed by atoms with E-state index in [0.717, 1.165) is 5.56 Å². The van der Waals surface area contributed by atoms with E-state index in [4.69, 9.17) is 9.57 Å². The van der Waals surface area contributed by atoms with Crippen LogP contribution in [-0.2, 0) is 25.8 Å². The lowest BCUT2D eigenvalue weighted by atomic mass is 10.0. The zero-order valence-corrected chi connectivity index (χ0v) is 22.4. The molecular formula is C26H38N6O6. The Labute approximate surface area is 223 Å². The van der Waals surface area contributed by atoms with Gasteiger partial charge in [0.05, 0.1) is 6.04 Å². The van der Waals surface area contributed by atoms with Crippen LogP contribution in [0.3, 0.4) is 0 Å². The van der Waals surface area contributed by atoms with E-state index in [0.29, 0.717) is 52.1 Å². The first-order valence-electron chi connectivity index (χ1n) is 13.2. The molecule has 2 bridgehead atoms. The van der Waals surface area contributed by atoms with Gasteiger partial charge >= 0.3 is 12.1 Å². The van der Waals surface area contributed by atoms with Gasteiger partial charge in [0.2, 0.25) is 5.91 Å². The molecule has 3 saturated heterocycles. The van der Waals surface area contributed by atoms with E-state index in [1.807, 2.05) is 51.1 Å². The molecule has 0 aliphatic carbocycles. The van der Waals surface area contributed by atoms with Crippen molar-refractivity contribution in [2.24, 2.45) is 0 Å². The Morgan fingerprint density at radius 1 is 1.00 bits per heavy atom. The monoisotopic (exact) mass is 530 g/mol. The average Bonchev–Trinajstić information content (AvgIpc) is 3.13. The summed E-state index contributed by atoms with van der Waals surface area (Å²) in [7, 11) is 0. The van der Waals surface area contributed by atoms with Crippen LogP contribution in [0.5, 0.6) is 0 Å². The van der Waals surface area contributed by atoms with E-state index < -0.39 is 17.6 Å². The number of piperazine rings is 1. The number of amides is 5. The number of urea groups is 1. The van der Waals surface area contributed by atoms with Crippen molar-refractivity contribution < 1.29 is 28.8 Å². The minimum absolute atomic E-state index is 0.0966. The first-order chi connectivity index (χ1) is 18.1. The fraction of sp³-hybridized carbons (Fsp3) is 0.615. The number of carbonyl (C=O) groups is 4. The molecule has 3 heterocycles. The van der Waals surface area contributed by atoms with Gasteiger partial charge in [0.25, 0.3) is 5.91 Å². The van der Waals surface area contributed by atoms with Crippen molar-refractivity contribution in [3.05, 3.63) is 35.9 Å². The second-order valence-electron chi connectivity index (χ2n) is 10.9. The number of hydrogen-bond acceptors (Lipinski definition) is 7. The van der Waals surface area contributed by atoms with Gasteiger partial charge in [-0.2, -0.15) is 5.06 Å². The number of nitrogens with one attached hydrogen (secondary N) is 2. The highest BCUT2D eigenvalue weighted by atomic mass is 16.7. The predicted octanol–water partition coefficient (Wildman–Crippen LogP) is 1.48. The fourth-order valence-electron chi connectivity index (χ4n) is 4.81. The van der Waals surface area contributed by atoms with Crippen molar-refractivity contribution in [1.29, 1.82) is 0 Å². The Kier molecular flexibility index (Phi) is 8.72. The highest BCUT2D eigenvalue weighted by Gasteiger charge is 2.48. The number of hydrogen-bond donors (Lipinski definition) is 2. The van der Waals surface area contributed by atoms with Crippen molar-refractivity contribution in [1.82, 2.24) is 30.6 Å². The summed E-state index contributed by atoms with van der Waals surface area (Å²) in [6.07, 6.45) is 1.00. The summed E-state index contributed by atoms with van der Waals surface area (Å²) in [5.74, 6) is -0.733. The van der Waals surface area contributed by atoms with Crippen molar-refractivity contribution in [2.75, 3.05) is 39.3 Å². The van der Waals surface area contributed by atoms with E-state index >= 15 is 0 Å². The predicted molar refractivity (Wildman–Crippen MR) is 137 cm³/mol. The van der Waals surface area contributed by atoms with Crippen LogP contribution in [0.2, 0.25) is 0 Å². The topological polar surface area (TPSA) is 124 Å². The molecule has 0 saturated carbocycles. The summed E-state index contributed by atoms with van der Waals surface area (Å²) in [4.78, 5) is 61.3. The Balaban J connectivity index is 1.15. The summed E-state index contributed by atoms with van der Waals surface area (Å²) in [5.41, 5.74) is 5.37. The number of hydrazine groups is 1. The third kappa shape index (κ3) is 7.13. The SMILES string of the molecule is CC(C)(C)OC(=O)N1CCN(CCC(=O)NNC(=O)C2CCC3CN2C(=O)N3OCc2ccccc2)CC1. The summed E-state index contributed by atoms with van der Waals surface area (Å²) >= 11 is 0. The molecule has 5 amide bonds. The Hall–Kier alpha value is -3.38. The first-order valence-corrected chi connectivity index (χ1v) is 13.2. The summed E-state index contributed by atoms with van der Waals surface area (Å²) in [5, 5.41) is 1.38. The lowest BCUT2D eigenvalue weighted by Gasteiger charge is -2.35. The molecular weight excluding hydrogens is 492 g/mol. The van der Waals surface area contributed by atoms with E-state index in [2.05, 4.69) is 15.8 Å². The third-order valence-corrected chi connectivity index (χ3v) is 6.84. The second kappa shape index (κ2) is 12.0. The molecule has 3 fully saturated rings. The molecule has 2 unspecified atom stereocenters. The fourth-order valence-corrected chi connectivity index (χ4v) is 4.81. The van der Waals surface area contributed by atoms with Crippen LogP contribution in [0, 0.1) is 0 Å². The van der Waals surface area contributed by atoms with Crippen LogP contribution >= 0.6 is 0 Å². The van der Waals surface area contributed by atoms with Crippen molar-refractivity contribution in [3.8, 4) is 0 Å². The van der Waals surface area contributed by atoms with Crippen molar-refractivity contribution in [3.63, 3.8) is 0 Å². The van der Waals surface area contributed by atoms with E-state index in [1.165, 1.54) is 9.96 Å². The lowest BCUT2D eigenvalue weighted by Crippen LogP contribution is -2.54. The quantitative estimate of drug-likeness (QED) is 0.512. The summed E-state index contributed by atoms with van der Waals surface area (Å²) < 4.78 is 5.41. The molecule has 38 heavy (non-hydrogen) atoms. The summed E-state index contributed by atoms with van der Waals surface area (Å²) in [6, 6.07) is 8.50. The maximum Gasteiger partial charge on any atom is 0.410 e. The average molecular weight is 531 g/mol. The first kappa shape index (κ1) is 27.6. The Morgan fingerprint density at radius 3 is 2.39 bits per heavy atom. The molecule has 0 aromatic heterocycles. The van der Waals surface area contributed by atoms with E-state index in [-0.39, 0.29) is 37.1 Å². The molecule has 3 aliphatic heterocycles. The lowest BCUT2D eigenvalue weighted by molar-refractivity contribution is -0.140. The number of rotatable bonds is 7. The van der Waals surface area contributed by atoms with E-state index in [9.17, 15) is 19.2 Å². The van der Waals surface area contributed by atoms with Crippen molar-refractivity contribution >= 4 is 23.9 Å². The molecule has 208 valence electrons. The zero-order valence-electron chi connectivity index (χ0n) is 22.4. The third-order valence-electron chi connectivity index (χ3n) is 6.84. The largest absolute Gasteiger partial charge is 0.444 e. The van der Waals surface area contributed by atoms with Gasteiger partial charge in [0.1, 0.15) is 18.2 Å². The standard InChI is InChI=1S/C26H38N6O6/c1-26(2,3)38-25(36)30-15-13-29(14-16-30)12-11-22(33)27-28-23(34)21-10-9-20-17-31(21)24(35)32(20)37-18-19-7-5-4-6-8-19/h4-8,20-21H,9-18H2,1-3H3,(H,27,33)(H,28,34). The van der Waals surface area contributed by atoms with Gasteiger partial charge in [-0.05, 0) is 39.2 Å². The number of fused-ring (bicyclic) bond motifs is 2. The number of benzene rings is 1. The molecule has 2 atom stereocenters. The summed E-state index contributed by atoms with van der Waals surface area (Å²) in [6.45, 7) is 9.05. The number of carbonyl (C=O) groups excluding carboxylic acids is 4. The molecule has 0 radical (unpaired) electrons. The Morgan fingerprint density at radius 2 is 1.71 bits per heavy atom. The maximum absolute atomic E-state index is 12.9. The zero-order chi connectivity index (χ0) is 27.3. The van der Waals surface area contributed by atoms with Gasteiger partial charge in [-0.1, -0.05) is 30.3 Å². The number of hydroxylamine groups is 2. The van der Waals surface area contributed by atoms with Gasteiger partial charge in [0.15, 0.2) is 0 Å². The van der Waals surface area contributed by atoms with Gasteiger partial charge < -0.3 is 14.5 Å². The molecule has 1 aromatic rings. The minimum Gasteiger partial charge on any atom is -0.444 e.